The molecule has 0 spiro atoms. The fourth-order valence-corrected chi connectivity index (χ4v) is 4.80. The van der Waals surface area contributed by atoms with Gasteiger partial charge < -0.3 is 14.8 Å². The third-order valence-corrected chi connectivity index (χ3v) is 6.34. The van der Waals surface area contributed by atoms with E-state index in [2.05, 4.69) is 5.32 Å². The zero-order chi connectivity index (χ0) is 26.4. The number of esters is 1. The molecule has 4 rings (SSSR count). The van der Waals surface area contributed by atoms with E-state index in [4.69, 9.17) is 9.47 Å². The van der Waals surface area contributed by atoms with E-state index in [9.17, 15) is 19.2 Å². The molecule has 0 aliphatic carbocycles. The van der Waals surface area contributed by atoms with Gasteiger partial charge in [-0.3, -0.25) is 14.5 Å². The number of hydrogen-bond acceptors (Lipinski definition) is 6. The van der Waals surface area contributed by atoms with Gasteiger partial charge in [0.15, 0.2) is 5.78 Å². The van der Waals surface area contributed by atoms with Crippen LogP contribution in [0.3, 0.4) is 0 Å². The number of nitrogens with zero attached hydrogens (tertiary/aromatic N) is 1. The Morgan fingerprint density at radius 1 is 0.784 bits per heavy atom. The number of rotatable bonds is 8. The maximum absolute atomic E-state index is 14.1. The molecule has 1 N–H and O–H groups in total. The highest BCUT2D eigenvalue weighted by Gasteiger charge is 2.75. The number of carbonyl (C=O) groups is 4. The molecule has 190 valence electrons. The van der Waals surface area contributed by atoms with Gasteiger partial charge in [0.05, 0.1) is 19.1 Å². The Hall–Kier alpha value is -4.46. The van der Waals surface area contributed by atoms with Crippen LogP contribution in [0.2, 0.25) is 0 Å². The minimum absolute atomic E-state index is 0.0171. The van der Waals surface area contributed by atoms with Crippen molar-refractivity contribution in [1.82, 2.24) is 4.90 Å². The van der Waals surface area contributed by atoms with Crippen LogP contribution in [0.4, 0.5) is 10.5 Å². The monoisotopic (exact) mass is 500 g/mol. The van der Waals surface area contributed by atoms with Crippen LogP contribution >= 0.6 is 0 Å². The van der Waals surface area contributed by atoms with Crippen LogP contribution in [0, 0.1) is 0 Å². The van der Waals surface area contributed by atoms with Gasteiger partial charge in [-0.2, -0.15) is 0 Å². The summed E-state index contributed by atoms with van der Waals surface area (Å²) >= 11 is 0. The van der Waals surface area contributed by atoms with Crippen molar-refractivity contribution in [2.24, 2.45) is 0 Å². The maximum Gasteiger partial charge on any atom is 0.411 e. The molecule has 8 nitrogen and oxygen atoms in total. The summed E-state index contributed by atoms with van der Waals surface area (Å²) in [5.41, 5.74) is -0.893. The SMILES string of the molecule is CCOC(=O)N1[C@H](C(=O)c2ccccc2)[C@@H](c2ccccc2)[C@]1(C(=O)Nc1ccccc1)C(=O)OCC. The molecule has 1 saturated heterocycles. The number of nitrogens with one attached hydrogen (secondary N) is 1. The maximum atomic E-state index is 14.1. The topological polar surface area (TPSA) is 102 Å². The molecule has 0 aromatic heterocycles. The third kappa shape index (κ3) is 4.58. The number of amides is 2. The zero-order valence-electron chi connectivity index (χ0n) is 20.6. The van der Waals surface area contributed by atoms with E-state index >= 15 is 0 Å². The zero-order valence-corrected chi connectivity index (χ0v) is 20.6. The van der Waals surface area contributed by atoms with Gasteiger partial charge in [-0.15, -0.1) is 0 Å². The van der Waals surface area contributed by atoms with Crippen molar-refractivity contribution in [1.29, 1.82) is 0 Å². The van der Waals surface area contributed by atoms with Gasteiger partial charge in [0.2, 0.25) is 5.54 Å². The molecule has 3 aromatic carbocycles. The number of likely N-dealkylation sites (tertiary alicyclic amines) is 1. The second-order valence-electron chi connectivity index (χ2n) is 8.44. The molecule has 1 fully saturated rings. The van der Waals surface area contributed by atoms with Crippen LogP contribution in [0.25, 0.3) is 0 Å². The Labute approximate surface area is 215 Å². The molecule has 3 atom stereocenters. The molecule has 3 aromatic rings. The molecule has 0 unspecified atom stereocenters. The number of anilines is 1. The first kappa shape index (κ1) is 25.6. The smallest absolute Gasteiger partial charge is 0.411 e. The van der Waals surface area contributed by atoms with E-state index in [0.717, 1.165) is 4.90 Å². The normalized spacial score (nSPS) is 20.3. The Bertz CT molecular complexity index is 1270. The average Bonchev–Trinajstić information content (AvgIpc) is 2.90. The molecule has 8 heteroatoms. The number of Topliss-reactive ketones (excluding diaryl/α,β-unsaturated/α-hetero) is 1. The number of ketones is 1. The standard InChI is InChI=1S/C29H28N2O6/c1-3-36-27(34)29(26(33)30-22-18-12-7-13-19-22)23(20-14-8-5-9-15-20)24(31(29)28(35)37-4-2)25(32)21-16-10-6-11-17-21/h5-19,23-24H,3-4H2,1-2H3,(H,30,33)/t23-,24+,29+/m1/s1. The van der Waals surface area contributed by atoms with E-state index in [1.165, 1.54) is 0 Å². The molecule has 0 radical (unpaired) electrons. The fourth-order valence-electron chi connectivity index (χ4n) is 4.80. The number of hydrogen-bond donors (Lipinski definition) is 1. The second kappa shape index (κ2) is 11.1. The van der Waals surface area contributed by atoms with Crippen molar-refractivity contribution in [3.8, 4) is 0 Å². The Morgan fingerprint density at radius 3 is 1.89 bits per heavy atom. The second-order valence-corrected chi connectivity index (χ2v) is 8.44. The highest BCUT2D eigenvalue weighted by molar-refractivity contribution is 6.20. The van der Waals surface area contributed by atoms with Crippen molar-refractivity contribution in [3.63, 3.8) is 0 Å². The highest BCUT2D eigenvalue weighted by Crippen LogP contribution is 2.52. The summed E-state index contributed by atoms with van der Waals surface area (Å²) in [6.45, 7) is 3.17. The molecule has 0 saturated carbocycles. The van der Waals surface area contributed by atoms with Crippen molar-refractivity contribution in [3.05, 3.63) is 102 Å². The Morgan fingerprint density at radius 2 is 1.32 bits per heavy atom. The molecule has 1 aliphatic rings. The molecule has 1 aliphatic heterocycles. The molecule has 1 heterocycles. The van der Waals surface area contributed by atoms with E-state index in [-0.39, 0.29) is 13.2 Å². The number of para-hydroxylation sites is 1. The van der Waals surface area contributed by atoms with Gasteiger partial charge in [-0.05, 0) is 31.5 Å². The predicted octanol–water partition coefficient (Wildman–Crippen LogP) is 4.43. The van der Waals surface area contributed by atoms with Crippen molar-refractivity contribution in [2.45, 2.75) is 31.3 Å². The van der Waals surface area contributed by atoms with E-state index in [0.29, 0.717) is 16.8 Å². The first-order valence-corrected chi connectivity index (χ1v) is 12.1. The number of carbonyl (C=O) groups excluding carboxylic acids is 4. The fraction of sp³-hybridized carbons (Fsp3) is 0.241. The minimum atomic E-state index is -2.19. The summed E-state index contributed by atoms with van der Waals surface area (Å²) in [5.74, 6) is -3.19. The summed E-state index contributed by atoms with van der Waals surface area (Å²) in [6, 6.07) is 24.5. The van der Waals surface area contributed by atoms with Gasteiger partial charge in [0.25, 0.3) is 5.91 Å². The highest BCUT2D eigenvalue weighted by atomic mass is 16.6. The van der Waals surface area contributed by atoms with Crippen molar-refractivity contribution >= 4 is 29.4 Å². The quantitative estimate of drug-likeness (QED) is 0.279. The third-order valence-electron chi connectivity index (χ3n) is 6.34. The largest absolute Gasteiger partial charge is 0.464 e. The first-order valence-electron chi connectivity index (χ1n) is 12.1. The lowest BCUT2D eigenvalue weighted by atomic mass is 9.62. The molecule has 37 heavy (non-hydrogen) atoms. The summed E-state index contributed by atoms with van der Waals surface area (Å²) in [7, 11) is 0. The summed E-state index contributed by atoms with van der Waals surface area (Å²) in [5, 5.41) is 2.75. The lowest BCUT2D eigenvalue weighted by Crippen LogP contribution is -2.82. The molecule has 2 amide bonds. The van der Waals surface area contributed by atoms with Crippen molar-refractivity contribution < 1.29 is 28.7 Å². The van der Waals surface area contributed by atoms with Gasteiger partial charge in [-0.1, -0.05) is 78.9 Å². The van der Waals surface area contributed by atoms with Crippen LogP contribution in [0.5, 0.6) is 0 Å². The van der Waals surface area contributed by atoms with Crippen LogP contribution in [0.15, 0.2) is 91.0 Å². The minimum Gasteiger partial charge on any atom is -0.464 e. The van der Waals surface area contributed by atoms with Crippen LogP contribution in [-0.4, -0.2) is 53.4 Å². The van der Waals surface area contributed by atoms with E-state index < -0.39 is 41.3 Å². The predicted molar refractivity (Wildman–Crippen MR) is 137 cm³/mol. The lowest BCUT2D eigenvalue weighted by molar-refractivity contribution is -0.177. The Balaban J connectivity index is 1.93. The summed E-state index contributed by atoms with van der Waals surface area (Å²) in [4.78, 5) is 56.0. The summed E-state index contributed by atoms with van der Waals surface area (Å²) < 4.78 is 10.7. The van der Waals surface area contributed by atoms with Gasteiger partial charge >= 0.3 is 12.1 Å². The number of benzene rings is 3. The van der Waals surface area contributed by atoms with Crippen LogP contribution in [-0.2, 0) is 19.1 Å². The lowest BCUT2D eigenvalue weighted by Gasteiger charge is -2.58. The van der Waals surface area contributed by atoms with Crippen LogP contribution in [0.1, 0.15) is 35.7 Å². The number of ether oxygens (including phenoxy) is 2. The van der Waals surface area contributed by atoms with Gasteiger partial charge in [0, 0.05) is 11.3 Å². The van der Waals surface area contributed by atoms with Gasteiger partial charge in [-0.25, -0.2) is 9.59 Å². The van der Waals surface area contributed by atoms with Crippen LogP contribution < -0.4 is 5.32 Å². The Kier molecular flexibility index (Phi) is 7.67. The van der Waals surface area contributed by atoms with Crippen molar-refractivity contribution in [2.75, 3.05) is 18.5 Å². The summed E-state index contributed by atoms with van der Waals surface area (Å²) in [6.07, 6.45) is -0.958. The molecular weight excluding hydrogens is 472 g/mol. The average molecular weight is 501 g/mol. The van der Waals surface area contributed by atoms with E-state index in [1.54, 1.807) is 105 Å². The first-order chi connectivity index (χ1) is 18.0. The molecule has 0 bridgehead atoms. The molecular formula is C29H28N2O6. The van der Waals surface area contributed by atoms with E-state index in [1.807, 2.05) is 0 Å². The van der Waals surface area contributed by atoms with Gasteiger partial charge in [0.1, 0.15) is 6.04 Å².